The van der Waals surface area contributed by atoms with E-state index in [1.165, 1.54) is 4.90 Å². The minimum Gasteiger partial charge on any atom is -0.497 e. The minimum atomic E-state index is -1.21. The van der Waals surface area contributed by atoms with Crippen LogP contribution in [0.15, 0.2) is 30.4 Å². The van der Waals surface area contributed by atoms with Crippen LogP contribution in [0.3, 0.4) is 0 Å². The van der Waals surface area contributed by atoms with E-state index in [-0.39, 0.29) is 62.2 Å². The number of methoxy groups -OCH3 is 1. The molecule has 2 aromatic rings. The maximum Gasteiger partial charge on any atom is 0.313 e. The third-order valence-corrected chi connectivity index (χ3v) is 10.7. The first-order valence-electron chi connectivity index (χ1n) is 18.3. The molecule has 51 heavy (non-hydrogen) atoms. The number of carbonyl (C=O) groups is 5. The molecule has 0 bridgehead atoms. The second-order valence-corrected chi connectivity index (χ2v) is 15.7. The van der Waals surface area contributed by atoms with Crippen LogP contribution in [-0.2, 0) is 28.7 Å². The largest absolute Gasteiger partial charge is 0.497 e. The fourth-order valence-corrected chi connectivity index (χ4v) is 8.20. The Bertz CT molecular complexity index is 1780. The number of ether oxygens (including phenoxy) is 4. The van der Waals surface area contributed by atoms with Crippen LogP contribution >= 0.6 is 0 Å². The predicted molar refractivity (Wildman–Crippen MR) is 188 cm³/mol. The Hall–Kier alpha value is -4.28. The van der Waals surface area contributed by atoms with Gasteiger partial charge in [-0.2, -0.15) is 0 Å². The van der Waals surface area contributed by atoms with Crippen molar-refractivity contribution in [2.75, 3.05) is 20.3 Å². The number of rotatable bonds is 5. The molecule has 1 aliphatic carbocycles. The summed E-state index contributed by atoms with van der Waals surface area (Å²) < 4.78 is 23.3. The number of aryl methyl sites for hydroxylation is 1. The summed E-state index contributed by atoms with van der Waals surface area (Å²) in [5, 5.41) is 0.608. The number of aromatic nitrogens is 1. The first kappa shape index (κ1) is 36.5. The third kappa shape index (κ3) is 7.39. The van der Waals surface area contributed by atoms with Crippen molar-refractivity contribution < 1.29 is 42.9 Å². The number of carbonyl (C=O) groups excluding carboxylic acids is 5. The van der Waals surface area contributed by atoms with Crippen molar-refractivity contribution in [3.05, 3.63) is 41.6 Å². The zero-order valence-electron chi connectivity index (χ0n) is 30.7. The molecular formula is C40H50N2O9. The number of nitrogens with zero attached hydrogens (tertiary/aromatic N) is 2. The molecular weight excluding hydrogens is 652 g/mol. The van der Waals surface area contributed by atoms with E-state index in [1.54, 1.807) is 59.9 Å². The lowest BCUT2D eigenvalue weighted by atomic mass is 9.84. The number of amides is 1. The van der Waals surface area contributed by atoms with Crippen LogP contribution < -0.4 is 9.47 Å². The zero-order valence-corrected chi connectivity index (χ0v) is 30.7. The van der Waals surface area contributed by atoms with E-state index in [0.29, 0.717) is 52.9 Å². The molecule has 1 aromatic carbocycles. The van der Waals surface area contributed by atoms with Gasteiger partial charge in [0.2, 0.25) is 5.91 Å². The molecule has 11 heteroatoms. The van der Waals surface area contributed by atoms with Crippen LogP contribution in [0.5, 0.6) is 11.5 Å². The molecule has 11 nitrogen and oxygen atoms in total. The van der Waals surface area contributed by atoms with Crippen LogP contribution in [0.1, 0.15) is 108 Å². The first-order valence-corrected chi connectivity index (χ1v) is 18.3. The molecule has 0 N–H and O–H groups in total. The van der Waals surface area contributed by atoms with E-state index in [0.717, 1.165) is 19.3 Å². The van der Waals surface area contributed by atoms with Crippen molar-refractivity contribution in [1.29, 1.82) is 0 Å². The van der Waals surface area contributed by atoms with Gasteiger partial charge in [0.05, 0.1) is 61.3 Å². The summed E-state index contributed by atoms with van der Waals surface area (Å²) in [6.45, 7) is 9.04. The van der Waals surface area contributed by atoms with Gasteiger partial charge in [-0.15, -0.1) is 0 Å². The highest BCUT2D eigenvalue weighted by Crippen LogP contribution is 2.58. The van der Waals surface area contributed by atoms with Gasteiger partial charge in [0.15, 0.2) is 17.3 Å². The summed E-state index contributed by atoms with van der Waals surface area (Å²) in [4.78, 5) is 76.1. The standard InChI is InChI=1S/C40H50N2O9/c1-7-49-37(47)40-19-26(40)14-12-10-8-9-11-13-25(17-33(45)50-38(3,4)5)36(46)42-23-39(20-30(42)31(43)22-40)21-32(44)34-28-18-27(48-6)15-16-29(28)41-24(2)35(34)51-39/h12,14-16,18,25-26,30H,7-11,13,17,19-23H2,1-6H3/b14-12-/t25-,26-,30+,39+,40-/m1/s1. The molecule has 3 aliphatic heterocycles. The fourth-order valence-electron chi connectivity index (χ4n) is 8.20. The van der Waals surface area contributed by atoms with Crippen molar-refractivity contribution in [3.8, 4) is 11.5 Å². The molecule has 2 fully saturated rings. The van der Waals surface area contributed by atoms with Crippen molar-refractivity contribution in [2.45, 2.75) is 116 Å². The normalized spacial score (nSPS) is 28.9. The zero-order chi connectivity index (χ0) is 36.7. The summed E-state index contributed by atoms with van der Waals surface area (Å²) in [5.74, 6) is -1.66. The highest BCUT2D eigenvalue weighted by atomic mass is 16.6. The number of ketones is 2. The molecule has 4 heterocycles. The van der Waals surface area contributed by atoms with E-state index >= 15 is 0 Å². The molecule has 274 valence electrons. The third-order valence-electron chi connectivity index (χ3n) is 10.7. The Morgan fingerprint density at radius 2 is 1.86 bits per heavy atom. The summed E-state index contributed by atoms with van der Waals surface area (Å²) in [5.41, 5.74) is -1.38. The summed E-state index contributed by atoms with van der Waals surface area (Å²) in [6, 6.07) is 4.38. The summed E-state index contributed by atoms with van der Waals surface area (Å²) in [6.07, 6.45) is 8.08. The van der Waals surface area contributed by atoms with Crippen molar-refractivity contribution in [1.82, 2.24) is 9.88 Å². The van der Waals surface area contributed by atoms with E-state index in [9.17, 15) is 24.0 Å². The van der Waals surface area contributed by atoms with Gasteiger partial charge in [0.25, 0.3) is 0 Å². The lowest BCUT2D eigenvalue weighted by molar-refractivity contribution is -0.159. The Labute approximate surface area is 299 Å². The maximum atomic E-state index is 14.7. The summed E-state index contributed by atoms with van der Waals surface area (Å²) in [7, 11) is 1.55. The number of esters is 2. The van der Waals surface area contributed by atoms with E-state index in [1.807, 2.05) is 6.08 Å². The van der Waals surface area contributed by atoms with Crippen LogP contribution in [0.4, 0.5) is 0 Å². The molecule has 1 spiro atoms. The topological polar surface area (TPSA) is 138 Å². The minimum absolute atomic E-state index is 0.0242. The molecule has 1 aromatic heterocycles. The van der Waals surface area contributed by atoms with Gasteiger partial charge < -0.3 is 23.8 Å². The van der Waals surface area contributed by atoms with Crippen LogP contribution in [-0.4, -0.2) is 76.8 Å². The monoisotopic (exact) mass is 702 g/mol. The van der Waals surface area contributed by atoms with Crippen molar-refractivity contribution >= 4 is 40.3 Å². The number of fused-ring (bicyclic) bond motifs is 5. The Morgan fingerprint density at radius 3 is 2.59 bits per heavy atom. The number of hydrogen-bond acceptors (Lipinski definition) is 10. The van der Waals surface area contributed by atoms with Gasteiger partial charge in [-0.25, -0.2) is 4.98 Å². The Balaban J connectivity index is 1.39. The van der Waals surface area contributed by atoms with Crippen molar-refractivity contribution in [3.63, 3.8) is 0 Å². The highest BCUT2D eigenvalue weighted by Gasteiger charge is 2.63. The molecule has 4 aliphatic rings. The van der Waals surface area contributed by atoms with Gasteiger partial charge >= 0.3 is 11.9 Å². The Kier molecular flexibility index (Phi) is 10.0. The molecule has 0 unspecified atom stereocenters. The average molecular weight is 703 g/mol. The van der Waals surface area contributed by atoms with Gasteiger partial charge in [-0.3, -0.25) is 24.0 Å². The molecule has 5 atom stereocenters. The van der Waals surface area contributed by atoms with Gasteiger partial charge in [0.1, 0.15) is 17.0 Å². The van der Waals surface area contributed by atoms with Crippen molar-refractivity contribution in [2.24, 2.45) is 17.3 Å². The Morgan fingerprint density at radius 1 is 1.08 bits per heavy atom. The maximum absolute atomic E-state index is 14.7. The predicted octanol–water partition coefficient (Wildman–Crippen LogP) is 6.25. The number of allylic oxidation sites excluding steroid dienone is 2. The second kappa shape index (κ2) is 14.0. The fraction of sp³-hybridized carbons (Fsp3) is 0.600. The van der Waals surface area contributed by atoms with Gasteiger partial charge in [-0.05, 0) is 84.4 Å². The van der Waals surface area contributed by atoms with Crippen LogP contribution in [0, 0.1) is 24.2 Å². The summed E-state index contributed by atoms with van der Waals surface area (Å²) >= 11 is 0. The van der Waals surface area contributed by atoms with E-state index in [4.69, 9.17) is 23.9 Å². The van der Waals surface area contributed by atoms with E-state index in [2.05, 4.69) is 6.08 Å². The lowest BCUT2D eigenvalue weighted by Crippen LogP contribution is -2.47. The quantitative estimate of drug-likeness (QED) is 0.260. The van der Waals surface area contributed by atoms with Gasteiger partial charge in [-0.1, -0.05) is 25.0 Å². The second-order valence-electron chi connectivity index (χ2n) is 15.7. The lowest BCUT2D eigenvalue weighted by Gasteiger charge is -2.36. The van der Waals surface area contributed by atoms with Crippen LogP contribution in [0.25, 0.3) is 10.9 Å². The smallest absolute Gasteiger partial charge is 0.313 e. The number of hydrogen-bond donors (Lipinski definition) is 0. The SMILES string of the molecule is CCOC(=O)[C@]12CC(=O)[C@@H]3C[C@]4(CC(=O)c5c(c(C)nc6ccc(OC)cc56)O4)CN3C(=O)[C@@H](CC(=O)OC(C)(C)C)CCCCC/C=C\[C@@H]1C2. The van der Waals surface area contributed by atoms with E-state index < -0.39 is 40.5 Å². The number of pyridine rings is 1. The molecule has 1 saturated carbocycles. The average Bonchev–Trinajstić information content (AvgIpc) is 3.64. The van der Waals surface area contributed by atoms with Crippen LogP contribution in [0.2, 0.25) is 0 Å². The molecule has 0 radical (unpaired) electrons. The molecule has 6 rings (SSSR count). The van der Waals surface area contributed by atoms with Gasteiger partial charge in [0, 0.05) is 24.1 Å². The number of Topliss-reactive ketones (excluding diaryl/α,β-unsaturated/α-hetero) is 2. The first-order chi connectivity index (χ1) is 24.2. The molecule has 1 amide bonds. The highest BCUT2D eigenvalue weighted by molar-refractivity contribution is 6.11. The number of benzene rings is 1. The molecule has 1 saturated heterocycles.